The van der Waals surface area contributed by atoms with Crippen molar-refractivity contribution in [1.82, 2.24) is 0 Å². The summed E-state index contributed by atoms with van der Waals surface area (Å²) in [6.07, 6.45) is 1.13. The second-order valence-electron chi connectivity index (χ2n) is 5.83. The van der Waals surface area contributed by atoms with Crippen molar-refractivity contribution in [3.8, 4) is 0 Å². The highest BCUT2D eigenvalue weighted by atomic mass is 16.5. The van der Waals surface area contributed by atoms with Crippen molar-refractivity contribution in [1.29, 1.82) is 0 Å². The maximum atomic E-state index is 12.0. The lowest BCUT2D eigenvalue weighted by Gasteiger charge is -2.32. The smallest absolute Gasteiger partial charge is 0.230 e. The third-order valence-corrected chi connectivity index (χ3v) is 3.62. The molecule has 1 aromatic rings. The Balaban J connectivity index is 1.77. The summed E-state index contributed by atoms with van der Waals surface area (Å²) in [5, 5.41) is 2.96. The lowest BCUT2D eigenvalue weighted by Crippen LogP contribution is -3.15. The van der Waals surface area contributed by atoms with Gasteiger partial charge >= 0.3 is 0 Å². The van der Waals surface area contributed by atoms with Crippen LogP contribution in [0, 0.1) is 6.92 Å². The number of nitrogens with one attached hydrogen (secondary N) is 2. The number of hydrogen-bond donors (Lipinski definition) is 2. The predicted molar refractivity (Wildman–Crippen MR) is 80.0 cm³/mol. The van der Waals surface area contributed by atoms with Gasteiger partial charge in [-0.25, -0.2) is 0 Å². The number of anilines is 1. The third-order valence-electron chi connectivity index (χ3n) is 3.62. The first-order valence-corrected chi connectivity index (χ1v) is 7.38. The van der Waals surface area contributed by atoms with Crippen LogP contribution in [0.15, 0.2) is 24.3 Å². The van der Waals surface area contributed by atoms with E-state index in [1.165, 1.54) is 4.90 Å². The second-order valence-corrected chi connectivity index (χ2v) is 5.83. The van der Waals surface area contributed by atoms with Crippen LogP contribution in [0.1, 0.15) is 25.8 Å². The van der Waals surface area contributed by atoms with Gasteiger partial charge in [-0.05, 0) is 38.5 Å². The number of hydrogen-bond acceptors (Lipinski definition) is 2. The van der Waals surface area contributed by atoms with E-state index in [1.807, 2.05) is 31.2 Å². The van der Waals surface area contributed by atoms with E-state index in [2.05, 4.69) is 19.2 Å². The van der Waals surface area contributed by atoms with Crippen molar-refractivity contribution in [3.63, 3.8) is 0 Å². The number of morpholine rings is 1. The number of quaternary nitrogens is 1. The lowest BCUT2D eigenvalue weighted by molar-refractivity contribution is -0.914. The van der Waals surface area contributed by atoms with Crippen LogP contribution >= 0.6 is 0 Å². The first-order chi connectivity index (χ1) is 9.52. The number of aryl methyl sites for hydroxylation is 1. The Morgan fingerprint density at radius 1 is 1.35 bits per heavy atom. The van der Waals surface area contributed by atoms with Gasteiger partial charge in [-0.15, -0.1) is 0 Å². The fraction of sp³-hybridized carbons (Fsp3) is 0.562. The van der Waals surface area contributed by atoms with Crippen LogP contribution in [0.2, 0.25) is 0 Å². The van der Waals surface area contributed by atoms with Crippen molar-refractivity contribution < 1.29 is 14.4 Å². The molecule has 110 valence electrons. The standard InChI is InChI=1S/C16H24N2O2/c1-12-5-4-6-15(9-12)17-16(19)7-8-18-10-13(2)20-14(3)11-18/h4-6,9,13-14H,7-8,10-11H2,1-3H3,(H,17,19)/p+1. The highest BCUT2D eigenvalue weighted by Gasteiger charge is 2.25. The van der Waals surface area contributed by atoms with E-state index in [0.29, 0.717) is 6.42 Å². The van der Waals surface area contributed by atoms with Crippen LogP contribution in [0.3, 0.4) is 0 Å². The van der Waals surface area contributed by atoms with Crippen molar-refractivity contribution >= 4 is 11.6 Å². The molecule has 0 bridgehead atoms. The average molecular weight is 277 g/mol. The number of carbonyl (C=O) groups excluding carboxylic acids is 1. The Labute approximate surface area is 121 Å². The minimum absolute atomic E-state index is 0.0925. The number of carbonyl (C=O) groups is 1. The number of rotatable bonds is 4. The monoisotopic (exact) mass is 277 g/mol. The first-order valence-electron chi connectivity index (χ1n) is 7.38. The molecule has 0 spiro atoms. The van der Waals surface area contributed by atoms with E-state index in [4.69, 9.17) is 4.74 Å². The van der Waals surface area contributed by atoms with Crippen LogP contribution in [0.25, 0.3) is 0 Å². The summed E-state index contributed by atoms with van der Waals surface area (Å²) in [6.45, 7) is 9.07. The SMILES string of the molecule is Cc1cccc(NC(=O)CC[NH+]2CC(C)OC(C)C2)c1. The van der Waals surface area contributed by atoms with Gasteiger partial charge in [-0.3, -0.25) is 4.79 Å². The normalized spacial score (nSPS) is 26.2. The van der Waals surface area contributed by atoms with Crippen molar-refractivity contribution in [2.45, 2.75) is 39.4 Å². The van der Waals surface area contributed by atoms with E-state index < -0.39 is 0 Å². The zero-order valence-electron chi connectivity index (χ0n) is 12.6. The Morgan fingerprint density at radius 3 is 2.70 bits per heavy atom. The molecule has 0 aliphatic carbocycles. The molecular weight excluding hydrogens is 252 g/mol. The van der Waals surface area contributed by atoms with Gasteiger partial charge in [0.2, 0.25) is 5.91 Å². The molecule has 2 N–H and O–H groups in total. The molecule has 1 saturated heterocycles. The highest BCUT2D eigenvalue weighted by Crippen LogP contribution is 2.09. The summed E-state index contributed by atoms with van der Waals surface area (Å²) in [5.41, 5.74) is 2.04. The minimum atomic E-state index is 0.0925. The number of benzene rings is 1. The van der Waals surface area contributed by atoms with Crippen LogP contribution in [0.5, 0.6) is 0 Å². The molecule has 1 aromatic carbocycles. The van der Waals surface area contributed by atoms with Gasteiger partial charge < -0.3 is 15.0 Å². The predicted octanol–water partition coefficient (Wildman–Crippen LogP) is 1.02. The molecule has 4 heteroatoms. The molecular formula is C16H25N2O2+. The van der Waals surface area contributed by atoms with Crippen molar-refractivity contribution in [2.75, 3.05) is 25.0 Å². The molecule has 1 aliphatic rings. The van der Waals surface area contributed by atoms with Gasteiger partial charge in [-0.2, -0.15) is 0 Å². The zero-order chi connectivity index (χ0) is 14.5. The number of amides is 1. The summed E-state index contributed by atoms with van der Waals surface area (Å²) in [4.78, 5) is 13.4. The molecule has 0 saturated carbocycles. The van der Waals surface area contributed by atoms with Gasteiger partial charge in [0.25, 0.3) is 0 Å². The Bertz CT molecular complexity index is 452. The van der Waals surface area contributed by atoms with E-state index >= 15 is 0 Å². The molecule has 4 nitrogen and oxygen atoms in total. The van der Waals surface area contributed by atoms with Crippen molar-refractivity contribution in [2.24, 2.45) is 0 Å². The average Bonchev–Trinajstić information content (AvgIpc) is 2.35. The van der Waals surface area contributed by atoms with Gasteiger partial charge in [0.15, 0.2) is 0 Å². The molecule has 2 atom stereocenters. The molecule has 1 aliphatic heterocycles. The summed E-state index contributed by atoms with van der Waals surface area (Å²) in [5.74, 6) is 0.0925. The summed E-state index contributed by atoms with van der Waals surface area (Å²) in [7, 11) is 0. The van der Waals surface area contributed by atoms with E-state index in [0.717, 1.165) is 30.9 Å². The van der Waals surface area contributed by atoms with Crippen LogP contribution in [0.4, 0.5) is 5.69 Å². The number of ether oxygens (including phenoxy) is 1. The maximum absolute atomic E-state index is 12.0. The van der Waals surface area contributed by atoms with Gasteiger partial charge in [-0.1, -0.05) is 12.1 Å². The Kier molecular flexibility index (Phi) is 5.15. The van der Waals surface area contributed by atoms with E-state index in [-0.39, 0.29) is 18.1 Å². The molecule has 2 unspecified atom stereocenters. The van der Waals surface area contributed by atoms with E-state index in [1.54, 1.807) is 0 Å². The quantitative estimate of drug-likeness (QED) is 0.863. The lowest BCUT2D eigenvalue weighted by atomic mass is 10.2. The molecule has 1 amide bonds. The summed E-state index contributed by atoms with van der Waals surface area (Å²) >= 11 is 0. The Hall–Kier alpha value is -1.39. The fourth-order valence-corrected chi connectivity index (χ4v) is 2.83. The second kappa shape index (κ2) is 6.86. The van der Waals surface area contributed by atoms with Crippen LogP contribution in [-0.4, -0.2) is 37.7 Å². The zero-order valence-corrected chi connectivity index (χ0v) is 12.6. The minimum Gasteiger partial charge on any atom is -0.364 e. The summed E-state index contributed by atoms with van der Waals surface area (Å²) < 4.78 is 5.71. The third kappa shape index (κ3) is 4.62. The fourth-order valence-electron chi connectivity index (χ4n) is 2.83. The van der Waals surface area contributed by atoms with E-state index in [9.17, 15) is 4.79 Å². The Morgan fingerprint density at radius 2 is 2.05 bits per heavy atom. The van der Waals surface area contributed by atoms with Gasteiger partial charge in [0.1, 0.15) is 25.3 Å². The van der Waals surface area contributed by atoms with Gasteiger partial charge in [0.05, 0.1) is 13.0 Å². The maximum Gasteiger partial charge on any atom is 0.230 e. The van der Waals surface area contributed by atoms with Crippen LogP contribution < -0.4 is 10.2 Å². The summed E-state index contributed by atoms with van der Waals surface area (Å²) in [6, 6.07) is 7.90. The van der Waals surface area contributed by atoms with Gasteiger partial charge in [0, 0.05) is 5.69 Å². The molecule has 2 rings (SSSR count). The van der Waals surface area contributed by atoms with Crippen molar-refractivity contribution in [3.05, 3.63) is 29.8 Å². The molecule has 0 radical (unpaired) electrons. The van der Waals surface area contributed by atoms with Crippen LogP contribution in [-0.2, 0) is 9.53 Å². The topological polar surface area (TPSA) is 42.8 Å². The largest absolute Gasteiger partial charge is 0.364 e. The first kappa shape index (κ1) is 15.0. The molecule has 20 heavy (non-hydrogen) atoms. The molecule has 0 aromatic heterocycles. The molecule has 1 heterocycles. The molecule has 1 fully saturated rings. The highest BCUT2D eigenvalue weighted by molar-refractivity contribution is 5.90.